The van der Waals surface area contributed by atoms with E-state index < -0.39 is 15.1 Å². The van der Waals surface area contributed by atoms with Crippen LogP contribution in [0.4, 0.5) is 0 Å². The fourth-order valence-electron chi connectivity index (χ4n) is 1.54. The van der Waals surface area contributed by atoms with Gasteiger partial charge in [0, 0.05) is 0 Å². The van der Waals surface area contributed by atoms with Crippen LogP contribution in [0.1, 0.15) is 18.9 Å². The van der Waals surface area contributed by atoms with Crippen LogP contribution < -0.4 is 4.74 Å². The van der Waals surface area contributed by atoms with Gasteiger partial charge in [-0.3, -0.25) is 0 Å². The summed E-state index contributed by atoms with van der Waals surface area (Å²) in [5, 5.41) is 7.86. The van der Waals surface area contributed by atoms with Gasteiger partial charge in [0.25, 0.3) is 0 Å². The number of benzene rings is 1. The van der Waals surface area contributed by atoms with Crippen LogP contribution in [0.15, 0.2) is 23.1 Å². The summed E-state index contributed by atoms with van der Waals surface area (Å²) in [6, 6.07) is 6.73. The zero-order chi connectivity index (χ0) is 13.1. The number of hydrogen-bond donors (Lipinski definition) is 0. The van der Waals surface area contributed by atoms with Crippen LogP contribution in [-0.2, 0) is 9.84 Å². The summed E-state index contributed by atoms with van der Waals surface area (Å²) in [7, 11) is -2.24. The van der Waals surface area contributed by atoms with E-state index in [1.165, 1.54) is 13.2 Å². The van der Waals surface area contributed by atoms with Crippen molar-refractivity contribution in [2.45, 2.75) is 30.4 Å². The van der Waals surface area contributed by atoms with E-state index >= 15 is 0 Å². The molecule has 0 aromatic heterocycles. The Kier molecular flexibility index (Phi) is 4.13. The third-order valence-corrected chi connectivity index (χ3v) is 4.63. The predicted octanol–water partition coefficient (Wildman–Crippen LogP) is 2.08. The van der Waals surface area contributed by atoms with Crippen molar-refractivity contribution >= 4 is 9.84 Å². The van der Waals surface area contributed by atoms with Crippen LogP contribution >= 0.6 is 0 Å². The molecule has 0 aliphatic rings. The van der Waals surface area contributed by atoms with E-state index in [0.29, 0.717) is 0 Å². The molecule has 0 spiro atoms. The Morgan fingerprint density at radius 3 is 2.59 bits per heavy atom. The quantitative estimate of drug-likeness (QED) is 0.824. The molecule has 0 N–H and O–H groups in total. The second kappa shape index (κ2) is 5.19. The van der Waals surface area contributed by atoms with Crippen molar-refractivity contribution in [1.82, 2.24) is 0 Å². The highest BCUT2D eigenvalue weighted by Crippen LogP contribution is 2.28. The summed E-state index contributed by atoms with van der Waals surface area (Å²) >= 11 is 0. The zero-order valence-corrected chi connectivity index (χ0v) is 10.9. The van der Waals surface area contributed by atoms with Crippen molar-refractivity contribution in [3.8, 4) is 11.8 Å². The van der Waals surface area contributed by atoms with Crippen molar-refractivity contribution < 1.29 is 13.2 Å². The van der Waals surface area contributed by atoms with Gasteiger partial charge in [0.05, 0.1) is 13.2 Å². The number of nitriles is 1. The molecule has 0 amide bonds. The van der Waals surface area contributed by atoms with E-state index in [1.807, 2.05) is 6.07 Å². The van der Waals surface area contributed by atoms with Crippen molar-refractivity contribution in [2.75, 3.05) is 7.11 Å². The summed E-state index contributed by atoms with van der Waals surface area (Å²) < 4.78 is 29.5. The molecule has 4 nitrogen and oxygen atoms in total. The van der Waals surface area contributed by atoms with Crippen LogP contribution in [0.3, 0.4) is 0 Å². The molecule has 0 aliphatic carbocycles. The normalized spacial score (nSPS) is 12.8. The minimum Gasteiger partial charge on any atom is -0.495 e. The maximum atomic E-state index is 12.2. The molecule has 5 heteroatoms. The molecule has 0 radical (unpaired) electrons. The molecule has 0 bridgehead atoms. The summed E-state index contributed by atoms with van der Waals surface area (Å²) in [5.74, 6) is 0.282. The van der Waals surface area contributed by atoms with E-state index in [2.05, 4.69) is 0 Å². The molecule has 92 valence electrons. The Morgan fingerprint density at radius 1 is 1.47 bits per heavy atom. The molecule has 0 heterocycles. The minimum atomic E-state index is -3.65. The lowest BCUT2D eigenvalue weighted by atomic mass is 10.2. The fraction of sp³-hybridized carbons (Fsp3) is 0.417. The lowest BCUT2D eigenvalue weighted by Gasteiger charge is -2.12. The molecular weight excluding hydrogens is 238 g/mol. The second-order valence-corrected chi connectivity index (χ2v) is 5.82. The Hall–Kier alpha value is -1.54. The first-order valence-electron chi connectivity index (χ1n) is 5.25. The van der Waals surface area contributed by atoms with Crippen molar-refractivity contribution in [3.05, 3.63) is 23.8 Å². The van der Waals surface area contributed by atoms with Gasteiger partial charge in [0.15, 0.2) is 15.1 Å². The highest BCUT2D eigenvalue weighted by molar-refractivity contribution is 7.92. The largest absolute Gasteiger partial charge is 0.495 e. The van der Waals surface area contributed by atoms with Crippen LogP contribution in [-0.4, -0.2) is 20.8 Å². The molecule has 0 fully saturated rings. The average Bonchev–Trinajstić information content (AvgIpc) is 2.30. The van der Waals surface area contributed by atoms with Crippen LogP contribution in [0.25, 0.3) is 0 Å². The molecule has 1 aromatic rings. The smallest absolute Gasteiger partial charge is 0.198 e. The maximum absolute atomic E-state index is 12.2. The van der Waals surface area contributed by atoms with E-state index in [4.69, 9.17) is 10.00 Å². The van der Waals surface area contributed by atoms with Gasteiger partial charge in [-0.2, -0.15) is 5.26 Å². The molecule has 17 heavy (non-hydrogen) atoms. The Bertz CT molecular complexity index is 543. The van der Waals surface area contributed by atoms with E-state index in [0.717, 1.165) is 5.56 Å². The maximum Gasteiger partial charge on any atom is 0.198 e. The number of hydrogen-bond acceptors (Lipinski definition) is 4. The highest BCUT2D eigenvalue weighted by Gasteiger charge is 2.28. The van der Waals surface area contributed by atoms with Gasteiger partial charge in [0.2, 0.25) is 0 Å². The van der Waals surface area contributed by atoms with Gasteiger partial charge in [-0.05, 0) is 31.0 Å². The molecule has 1 aromatic carbocycles. The number of rotatable bonds is 4. The monoisotopic (exact) mass is 253 g/mol. The summed E-state index contributed by atoms with van der Waals surface area (Å²) in [6.45, 7) is 3.47. The van der Waals surface area contributed by atoms with Gasteiger partial charge in [-0.15, -0.1) is 0 Å². The number of aryl methyl sites for hydroxylation is 1. The van der Waals surface area contributed by atoms with Crippen LogP contribution in [0, 0.1) is 18.3 Å². The van der Waals surface area contributed by atoms with Crippen LogP contribution in [0.2, 0.25) is 0 Å². The second-order valence-electron chi connectivity index (χ2n) is 3.73. The predicted molar refractivity (Wildman–Crippen MR) is 64.6 cm³/mol. The summed E-state index contributed by atoms with van der Waals surface area (Å²) in [5.41, 5.74) is 0.817. The molecule has 0 aliphatic heterocycles. The van der Waals surface area contributed by atoms with E-state index in [1.54, 1.807) is 26.0 Å². The molecule has 1 rings (SSSR count). The number of ether oxygens (including phenoxy) is 1. The lowest BCUT2D eigenvalue weighted by molar-refractivity contribution is 0.402. The highest BCUT2D eigenvalue weighted by atomic mass is 32.2. The third-order valence-electron chi connectivity index (χ3n) is 2.52. The molecule has 0 saturated carbocycles. The first-order valence-corrected chi connectivity index (χ1v) is 6.80. The molecule has 1 unspecified atom stereocenters. The van der Waals surface area contributed by atoms with Gasteiger partial charge in [0.1, 0.15) is 10.6 Å². The standard InChI is InChI=1S/C12H15NO3S/c1-4-10(8-13)17(14,15)12-7-9(2)5-6-11(12)16-3/h5-7,10H,4H2,1-3H3. The summed E-state index contributed by atoms with van der Waals surface area (Å²) in [6.07, 6.45) is 0.260. The number of nitrogens with zero attached hydrogens (tertiary/aromatic N) is 1. The van der Waals surface area contributed by atoms with Gasteiger partial charge >= 0.3 is 0 Å². The SMILES string of the molecule is CCC(C#N)S(=O)(=O)c1cc(C)ccc1OC. The Morgan fingerprint density at radius 2 is 2.12 bits per heavy atom. The van der Waals surface area contributed by atoms with E-state index in [-0.39, 0.29) is 17.1 Å². The molecular formula is C12H15NO3S. The average molecular weight is 253 g/mol. The topological polar surface area (TPSA) is 67.2 Å². The van der Waals surface area contributed by atoms with Crippen molar-refractivity contribution in [3.63, 3.8) is 0 Å². The molecule has 1 atom stereocenters. The van der Waals surface area contributed by atoms with Gasteiger partial charge in [-0.1, -0.05) is 13.0 Å². The van der Waals surface area contributed by atoms with E-state index in [9.17, 15) is 8.42 Å². The first-order chi connectivity index (χ1) is 7.97. The lowest BCUT2D eigenvalue weighted by Crippen LogP contribution is -2.19. The zero-order valence-electron chi connectivity index (χ0n) is 10.1. The van der Waals surface area contributed by atoms with Gasteiger partial charge < -0.3 is 4.74 Å². The van der Waals surface area contributed by atoms with Crippen molar-refractivity contribution in [1.29, 1.82) is 5.26 Å². The Balaban J connectivity index is 3.43. The number of methoxy groups -OCH3 is 1. The third kappa shape index (κ3) is 2.59. The van der Waals surface area contributed by atoms with Gasteiger partial charge in [-0.25, -0.2) is 8.42 Å². The van der Waals surface area contributed by atoms with Crippen LogP contribution in [0.5, 0.6) is 5.75 Å². The number of sulfone groups is 1. The van der Waals surface area contributed by atoms with Crippen molar-refractivity contribution in [2.24, 2.45) is 0 Å². The Labute approximate surface area is 102 Å². The minimum absolute atomic E-state index is 0.0911. The first kappa shape index (κ1) is 13.5. The fourth-order valence-corrected chi connectivity index (χ4v) is 3.21. The summed E-state index contributed by atoms with van der Waals surface area (Å²) in [4.78, 5) is 0.0911. The molecule has 0 saturated heterocycles.